The second-order valence-electron chi connectivity index (χ2n) is 23.5. The fraction of sp³-hybridized carbons (Fsp3) is 0.859. The lowest BCUT2D eigenvalue weighted by atomic mass is 10.0. The fourth-order valence-corrected chi connectivity index (χ4v) is 10.5. The van der Waals surface area contributed by atoms with Crippen LogP contribution in [0.4, 0.5) is 0 Å². The molecule has 77 heavy (non-hydrogen) atoms. The van der Waals surface area contributed by atoms with Gasteiger partial charge in [0.15, 0.2) is 0 Å². The van der Waals surface area contributed by atoms with Crippen LogP contribution in [-0.2, 0) is 14.3 Å². The van der Waals surface area contributed by atoms with Crippen LogP contribution in [0.1, 0.15) is 367 Å². The van der Waals surface area contributed by atoms with E-state index in [1.54, 1.807) is 6.08 Å². The monoisotopic (exact) mass is 1080 g/mol. The van der Waals surface area contributed by atoms with Crippen molar-refractivity contribution in [2.24, 2.45) is 0 Å². The molecule has 3 N–H and O–H groups in total. The Morgan fingerprint density at radius 3 is 1.03 bits per heavy atom. The van der Waals surface area contributed by atoms with Crippen LogP contribution in [0.25, 0.3) is 0 Å². The zero-order valence-corrected chi connectivity index (χ0v) is 51.7. The van der Waals surface area contributed by atoms with Crippen LogP contribution in [0.5, 0.6) is 0 Å². The van der Waals surface area contributed by atoms with Crippen molar-refractivity contribution in [2.45, 2.75) is 379 Å². The van der Waals surface area contributed by atoms with Gasteiger partial charge in [0.05, 0.1) is 25.4 Å². The standard InChI is InChI=1S/C71H133NO5/c1-3-5-7-9-11-13-15-17-19-20-21-22-23-24-25-26-29-32-36-39-43-47-51-55-59-63-69(74)68(67-73)72-70(75)64-60-56-52-48-44-40-37-33-30-27-28-31-34-38-42-46-50-54-58-62-66-77-71(76)65-61-57-53-49-45-41-35-18-16-14-12-10-8-6-4-2/h12,14,18,27,30,35,59,63,68-69,73-74H,3-11,13,15-17,19-26,28-29,31-34,36-58,60-62,64-67H2,1-2H3,(H,72,75)/b14-12-,30-27-,35-18-,63-59+. The molecule has 6 heteroatoms. The number of nitrogens with one attached hydrogen (secondary N) is 1. The number of carbonyl (C=O) groups excluding carboxylic acids is 2. The molecule has 0 aliphatic heterocycles. The Labute approximate surface area is 480 Å². The molecule has 1 amide bonds. The number of aliphatic hydroxyl groups excluding tert-OH is 2. The highest BCUT2D eigenvalue weighted by molar-refractivity contribution is 5.76. The van der Waals surface area contributed by atoms with Crippen LogP contribution in [0.15, 0.2) is 48.6 Å². The highest BCUT2D eigenvalue weighted by atomic mass is 16.5. The van der Waals surface area contributed by atoms with E-state index < -0.39 is 12.1 Å². The smallest absolute Gasteiger partial charge is 0.305 e. The summed E-state index contributed by atoms with van der Waals surface area (Å²) in [7, 11) is 0. The predicted octanol–water partition coefficient (Wildman–Crippen LogP) is 22.1. The van der Waals surface area contributed by atoms with Crippen molar-refractivity contribution < 1.29 is 24.5 Å². The van der Waals surface area contributed by atoms with Gasteiger partial charge in [-0.15, -0.1) is 0 Å². The van der Waals surface area contributed by atoms with Crippen molar-refractivity contribution in [2.75, 3.05) is 13.2 Å². The van der Waals surface area contributed by atoms with E-state index in [-0.39, 0.29) is 18.5 Å². The van der Waals surface area contributed by atoms with E-state index in [1.165, 1.54) is 283 Å². The van der Waals surface area contributed by atoms with Gasteiger partial charge in [0.1, 0.15) is 0 Å². The van der Waals surface area contributed by atoms with Crippen LogP contribution in [0.3, 0.4) is 0 Å². The number of rotatable bonds is 64. The Balaban J connectivity index is 3.47. The maximum absolute atomic E-state index is 12.5. The molecule has 0 saturated carbocycles. The number of hydrogen-bond donors (Lipinski definition) is 3. The number of unbranched alkanes of at least 4 members (excludes halogenated alkanes) is 47. The van der Waals surface area contributed by atoms with Crippen LogP contribution >= 0.6 is 0 Å². The van der Waals surface area contributed by atoms with Gasteiger partial charge in [-0.05, 0) is 89.9 Å². The summed E-state index contributed by atoms with van der Waals surface area (Å²) in [4.78, 5) is 24.6. The van der Waals surface area contributed by atoms with Crippen molar-refractivity contribution in [1.29, 1.82) is 0 Å². The number of aliphatic hydroxyl groups is 2. The van der Waals surface area contributed by atoms with Crippen molar-refractivity contribution in [3.8, 4) is 0 Å². The number of hydrogen-bond acceptors (Lipinski definition) is 5. The molecule has 2 unspecified atom stereocenters. The average molecular weight is 1080 g/mol. The lowest BCUT2D eigenvalue weighted by Gasteiger charge is -2.20. The van der Waals surface area contributed by atoms with Gasteiger partial charge >= 0.3 is 5.97 Å². The van der Waals surface area contributed by atoms with Crippen LogP contribution < -0.4 is 5.32 Å². The summed E-state index contributed by atoms with van der Waals surface area (Å²) in [6, 6.07) is -0.637. The third kappa shape index (κ3) is 62.9. The number of allylic oxidation sites excluding steroid dienone is 7. The Bertz CT molecular complexity index is 1290. The van der Waals surface area contributed by atoms with Crippen molar-refractivity contribution >= 4 is 11.9 Å². The first-order valence-corrected chi connectivity index (χ1v) is 34.4. The highest BCUT2D eigenvalue weighted by Crippen LogP contribution is 2.18. The van der Waals surface area contributed by atoms with E-state index in [0.29, 0.717) is 19.4 Å². The maximum Gasteiger partial charge on any atom is 0.305 e. The minimum Gasteiger partial charge on any atom is -0.466 e. The van der Waals surface area contributed by atoms with Gasteiger partial charge in [-0.2, -0.15) is 0 Å². The molecule has 0 bridgehead atoms. The second-order valence-corrected chi connectivity index (χ2v) is 23.5. The molecular weight excluding hydrogens is 947 g/mol. The SMILES string of the molecule is CCCCC/C=C\C/C=C\CCCCCCCC(=O)OCCCCCCCCCCC/C=C\CCCCCCCCCC(=O)NC(CO)C(O)/C=C/CCCCCCCCCCCCCCCCCCCCCCCCC. The van der Waals surface area contributed by atoms with Gasteiger partial charge in [0, 0.05) is 12.8 Å². The van der Waals surface area contributed by atoms with E-state index in [4.69, 9.17) is 4.74 Å². The van der Waals surface area contributed by atoms with Gasteiger partial charge < -0.3 is 20.3 Å². The quantitative estimate of drug-likeness (QED) is 0.0320. The summed E-state index contributed by atoms with van der Waals surface area (Å²) >= 11 is 0. The molecule has 0 heterocycles. The molecule has 0 fully saturated rings. The van der Waals surface area contributed by atoms with Crippen molar-refractivity contribution in [1.82, 2.24) is 5.32 Å². The molecule has 2 atom stereocenters. The van der Waals surface area contributed by atoms with Gasteiger partial charge in [0.2, 0.25) is 5.91 Å². The minimum absolute atomic E-state index is 0.00822. The summed E-state index contributed by atoms with van der Waals surface area (Å²) in [6.07, 6.45) is 86.0. The number of amides is 1. The zero-order valence-electron chi connectivity index (χ0n) is 51.7. The molecule has 0 rings (SSSR count). The molecule has 452 valence electrons. The van der Waals surface area contributed by atoms with Gasteiger partial charge in [-0.25, -0.2) is 0 Å². The van der Waals surface area contributed by atoms with Crippen molar-refractivity contribution in [3.05, 3.63) is 48.6 Å². The van der Waals surface area contributed by atoms with Crippen molar-refractivity contribution in [3.63, 3.8) is 0 Å². The summed E-state index contributed by atoms with van der Waals surface area (Å²) in [5.74, 6) is -0.0820. The fourth-order valence-electron chi connectivity index (χ4n) is 10.5. The lowest BCUT2D eigenvalue weighted by molar-refractivity contribution is -0.143. The van der Waals surface area contributed by atoms with Crippen LogP contribution in [0.2, 0.25) is 0 Å². The Morgan fingerprint density at radius 2 is 0.649 bits per heavy atom. The third-order valence-corrected chi connectivity index (χ3v) is 15.8. The largest absolute Gasteiger partial charge is 0.466 e. The molecule has 6 nitrogen and oxygen atoms in total. The first-order chi connectivity index (χ1) is 38.0. The number of carbonyl (C=O) groups is 2. The molecule has 0 aliphatic rings. The van der Waals surface area contributed by atoms with Gasteiger partial charge in [-0.1, -0.05) is 313 Å². The van der Waals surface area contributed by atoms with E-state index in [0.717, 1.165) is 57.8 Å². The second kappa shape index (κ2) is 66.3. The molecule has 0 saturated heterocycles. The van der Waals surface area contributed by atoms with E-state index in [1.807, 2.05) is 6.08 Å². The number of ether oxygens (including phenoxy) is 1. The molecule has 0 spiro atoms. The van der Waals surface area contributed by atoms with Crippen LogP contribution in [-0.4, -0.2) is 47.4 Å². The average Bonchev–Trinajstić information content (AvgIpc) is 3.43. The zero-order chi connectivity index (χ0) is 55.7. The summed E-state index contributed by atoms with van der Waals surface area (Å²) in [5, 5.41) is 23.3. The molecule has 0 aromatic rings. The predicted molar refractivity (Wildman–Crippen MR) is 338 cm³/mol. The Kier molecular flexibility index (Phi) is 64.5. The van der Waals surface area contributed by atoms with E-state index in [2.05, 4.69) is 55.6 Å². The van der Waals surface area contributed by atoms with E-state index in [9.17, 15) is 19.8 Å². The first kappa shape index (κ1) is 74.8. The maximum atomic E-state index is 12.5. The topological polar surface area (TPSA) is 95.9 Å². The Hall–Kier alpha value is -2.18. The Morgan fingerprint density at radius 1 is 0.364 bits per heavy atom. The normalized spacial score (nSPS) is 12.8. The first-order valence-electron chi connectivity index (χ1n) is 34.4. The molecular formula is C71H133NO5. The third-order valence-electron chi connectivity index (χ3n) is 15.8. The summed E-state index contributed by atoms with van der Waals surface area (Å²) < 4.78 is 5.48. The molecule has 0 aliphatic carbocycles. The van der Waals surface area contributed by atoms with Gasteiger partial charge in [0.25, 0.3) is 0 Å². The summed E-state index contributed by atoms with van der Waals surface area (Å²) in [5.41, 5.74) is 0. The summed E-state index contributed by atoms with van der Waals surface area (Å²) in [6.45, 7) is 4.89. The molecule has 0 radical (unpaired) electrons. The lowest BCUT2D eigenvalue weighted by Crippen LogP contribution is -2.45. The van der Waals surface area contributed by atoms with E-state index >= 15 is 0 Å². The van der Waals surface area contributed by atoms with Gasteiger partial charge in [-0.3, -0.25) is 9.59 Å². The highest BCUT2D eigenvalue weighted by Gasteiger charge is 2.18. The molecule has 0 aromatic carbocycles. The molecule has 0 aromatic heterocycles. The van der Waals surface area contributed by atoms with Crippen LogP contribution in [0, 0.1) is 0 Å². The number of esters is 1. The minimum atomic E-state index is -0.853.